The highest BCUT2D eigenvalue weighted by Crippen LogP contribution is 2.26. The summed E-state index contributed by atoms with van der Waals surface area (Å²) >= 11 is 0. The van der Waals surface area contributed by atoms with Crippen molar-refractivity contribution < 1.29 is 0 Å². The number of anilines is 1. The monoisotopic (exact) mass is 260 g/mol. The fourth-order valence-electron chi connectivity index (χ4n) is 2.92. The molecule has 2 nitrogen and oxygen atoms in total. The third-order valence-electron chi connectivity index (χ3n) is 4.36. The van der Waals surface area contributed by atoms with E-state index < -0.39 is 0 Å². The lowest BCUT2D eigenvalue weighted by molar-refractivity contribution is 0.521. The first-order valence-electron chi connectivity index (χ1n) is 7.79. The number of hydrogen-bond donors (Lipinski definition) is 1. The second-order valence-electron chi connectivity index (χ2n) is 6.02. The van der Waals surface area contributed by atoms with Crippen molar-refractivity contribution in [3.8, 4) is 0 Å². The molecule has 0 radical (unpaired) electrons. The minimum atomic E-state index is 0.284. The Morgan fingerprint density at radius 1 is 1.26 bits per heavy atom. The zero-order chi connectivity index (χ0) is 13.7. The van der Waals surface area contributed by atoms with Gasteiger partial charge in [0.25, 0.3) is 0 Å². The normalized spacial score (nSPS) is 22.1. The van der Waals surface area contributed by atoms with Gasteiger partial charge in [-0.2, -0.15) is 0 Å². The Balaban J connectivity index is 2.14. The van der Waals surface area contributed by atoms with Crippen LogP contribution in [0.1, 0.15) is 45.1 Å². The maximum atomic E-state index is 6.14. The Morgan fingerprint density at radius 2 is 2.05 bits per heavy atom. The van der Waals surface area contributed by atoms with E-state index in [1.165, 1.54) is 43.6 Å². The Labute approximate surface area is 118 Å². The fraction of sp³-hybridized carbons (Fsp3) is 0.647. The molecule has 0 bridgehead atoms. The van der Waals surface area contributed by atoms with Gasteiger partial charge in [0.2, 0.25) is 0 Å². The first kappa shape index (κ1) is 14.4. The van der Waals surface area contributed by atoms with Crippen molar-refractivity contribution in [2.45, 2.75) is 52.0 Å². The van der Waals surface area contributed by atoms with Gasteiger partial charge >= 0.3 is 0 Å². The van der Waals surface area contributed by atoms with Crippen LogP contribution in [-0.2, 0) is 6.42 Å². The van der Waals surface area contributed by atoms with Gasteiger partial charge in [-0.05, 0) is 49.7 Å². The van der Waals surface area contributed by atoms with Gasteiger partial charge in [0.15, 0.2) is 0 Å². The smallest absolute Gasteiger partial charge is 0.0399 e. The highest BCUT2D eigenvalue weighted by atomic mass is 15.1. The third-order valence-corrected chi connectivity index (χ3v) is 4.36. The number of benzene rings is 1. The summed E-state index contributed by atoms with van der Waals surface area (Å²) in [5, 5.41) is 0. The SMILES string of the molecule is CCC(N)Cc1ccccc1N1CCCC(C)CC1. The van der Waals surface area contributed by atoms with Crippen LogP contribution in [0.15, 0.2) is 24.3 Å². The van der Waals surface area contributed by atoms with Crippen molar-refractivity contribution in [3.05, 3.63) is 29.8 Å². The van der Waals surface area contributed by atoms with E-state index in [1.54, 1.807) is 0 Å². The maximum Gasteiger partial charge on any atom is 0.0399 e. The summed E-state index contributed by atoms with van der Waals surface area (Å²) in [5.41, 5.74) is 8.98. The van der Waals surface area contributed by atoms with E-state index in [0.29, 0.717) is 0 Å². The number of hydrogen-bond acceptors (Lipinski definition) is 2. The maximum absolute atomic E-state index is 6.14. The van der Waals surface area contributed by atoms with E-state index in [4.69, 9.17) is 5.73 Å². The highest BCUT2D eigenvalue weighted by molar-refractivity contribution is 5.54. The van der Waals surface area contributed by atoms with Crippen molar-refractivity contribution in [3.63, 3.8) is 0 Å². The predicted molar refractivity (Wildman–Crippen MR) is 83.6 cm³/mol. The van der Waals surface area contributed by atoms with E-state index in [9.17, 15) is 0 Å². The zero-order valence-electron chi connectivity index (χ0n) is 12.4. The van der Waals surface area contributed by atoms with Crippen LogP contribution in [0, 0.1) is 5.92 Å². The Bertz CT molecular complexity index is 389. The number of rotatable bonds is 4. The highest BCUT2D eigenvalue weighted by Gasteiger charge is 2.17. The van der Waals surface area contributed by atoms with Crippen molar-refractivity contribution in [2.24, 2.45) is 11.7 Å². The molecule has 106 valence electrons. The molecular weight excluding hydrogens is 232 g/mol. The van der Waals surface area contributed by atoms with Gasteiger partial charge in [-0.3, -0.25) is 0 Å². The van der Waals surface area contributed by atoms with Gasteiger partial charge < -0.3 is 10.6 Å². The first-order chi connectivity index (χ1) is 9.20. The summed E-state index contributed by atoms with van der Waals surface area (Å²) in [5.74, 6) is 0.870. The molecule has 1 aliphatic heterocycles. The van der Waals surface area contributed by atoms with Crippen LogP contribution in [0.3, 0.4) is 0 Å². The lowest BCUT2D eigenvalue weighted by atomic mass is 10.0. The van der Waals surface area contributed by atoms with Gasteiger partial charge in [-0.1, -0.05) is 32.0 Å². The molecule has 0 saturated carbocycles. The molecule has 1 aliphatic rings. The lowest BCUT2D eigenvalue weighted by Crippen LogP contribution is -2.27. The van der Waals surface area contributed by atoms with E-state index in [1.807, 2.05) is 0 Å². The summed E-state index contributed by atoms with van der Waals surface area (Å²) in [4.78, 5) is 2.57. The summed E-state index contributed by atoms with van der Waals surface area (Å²) in [6.07, 6.45) is 6.04. The quantitative estimate of drug-likeness (QED) is 0.896. The van der Waals surface area contributed by atoms with Gasteiger partial charge in [-0.15, -0.1) is 0 Å². The third kappa shape index (κ3) is 3.97. The van der Waals surface area contributed by atoms with E-state index in [-0.39, 0.29) is 6.04 Å². The molecular formula is C17H28N2. The Kier molecular flexibility index (Phi) is 5.26. The Hall–Kier alpha value is -1.02. The van der Waals surface area contributed by atoms with Gasteiger partial charge in [0, 0.05) is 24.8 Å². The van der Waals surface area contributed by atoms with Gasteiger partial charge in [0.05, 0.1) is 0 Å². The van der Waals surface area contributed by atoms with Crippen LogP contribution in [0.5, 0.6) is 0 Å². The average Bonchev–Trinajstić information content (AvgIpc) is 2.64. The van der Waals surface area contributed by atoms with Gasteiger partial charge in [0.1, 0.15) is 0 Å². The molecule has 0 spiro atoms. The van der Waals surface area contributed by atoms with E-state index >= 15 is 0 Å². The molecule has 1 aromatic carbocycles. The predicted octanol–water partition coefficient (Wildman–Crippen LogP) is 3.59. The van der Waals surface area contributed by atoms with Crippen molar-refractivity contribution in [1.29, 1.82) is 0 Å². The fourth-order valence-corrected chi connectivity index (χ4v) is 2.92. The van der Waals surface area contributed by atoms with Gasteiger partial charge in [-0.25, -0.2) is 0 Å². The van der Waals surface area contributed by atoms with Crippen molar-refractivity contribution in [2.75, 3.05) is 18.0 Å². The molecule has 2 N–H and O–H groups in total. The summed E-state index contributed by atoms with van der Waals surface area (Å²) in [6.45, 7) is 6.94. The van der Waals surface area contributed by atoms with Crippen molar-refractivity contribution in [1.82, 2.24) is 0 Å². The first-order valence-corrected chi connectivity index (χ1v) is 7.79. The molecule has 0 aliphatic carbocycles. The number of para-hydroxylation sites is 1. The zero-order valence-corrected chi connectivity index (χ0v) is 12.4. The summed E-state index contributed by atoms with van der Waals surface area (Å²) in [7, 11) is 0. The molecule has 1 aromatic rings. The van der Waals surface area contributed by atoms with Crippen LogP contribution in [0.4, 0.5) is 5.69 Å². The lowest BCUT2D eigenvalue weighted by Gasteiger charge is -2.26. The molecule has 1 fully saturated rings. The standard InChI is InChI=1S/C17H28N2/c1-3-16(18)13-15-8-4-5-9-17(15)19-11-6-7-14(2)10-12-19/h4-5,8-9,14,16H,3,6-7,10-13,18H2,1-2H3. The van der Waals surface area contributed by atoms with Crippen molar-refractivity contribution >= 4 is 5.69 Å². The molecule has 19 heavy (non-hydrogen) atoms. The Morgan fingerprint density at radius 3 is 2.84 bits per heavy atom. The minimum absolute atomic E-state index is 0.284. The van der Waals surface area contributed by atoms with E-state index in [0.717, 1.165) is 18.8 Å². The van der Waals surface area contributed by atoms with E-state index in [2.05, 4.69) is 43.0 Å². The molecule has 1 saturated heterocycles. The van der Waals surface area contributed by atoms with Crippen LogP contribution < -0.4 is 10.6 Å². The van der Waals surface area contributed by atoms with Crippen LogP contribution in [0.2, 0.25) is 0 Å². The van der Waals surface area contributed by atoms with Crippen LogP contribution in [-0.4, -0.2) is 19.1 Å². The number of nitrogens with two attached hydrogens (primary N) is 1. The molecule has 2 atom stereocenters. The second-order valence-corrected chi connectivity index (χ2v) is 6.02. The molecule has 2 unspecified atom stereocenters. The second kappa shape index (κ2) is 6.95. The topological polar surface area (TPSA) is 29.3 Å². The molecule has 2 heteroatoms. The number of nitrogens with zero attached hydrogens (tertiary/aromatic N) is 1. The molecule has 1 heterocycles. The summed E-state index contributed by atoms with van der Waals surface area (Å²) < 4.78 is 0. The molecule has 2 rings (SSSR count). The summed E-state index contributed by atoms with van der Waals surface area (Å²) in [6, 6.07) is 9.10. The van der Waals surface area contributed by atoms with Crippen LogP contribution >= 0.6 is 0 Å². The molecule has 0 amide bonds. The van der Waals surface area contributed by atoms with Crippen LogP contribution in [0.25, 0.3) is 0 Å². The molecule has 0 aromatic heterocycles. The average molecular weight is 260 g/mol. The largest absolute Gasteiger partial charge is 0.371 e. The minimum Gasteiger partial charge on any atom is -0.371 e.